The molecule has 1 aliphatic rings. The first-order chi connectivity index (χ1) is 9.73. The molecule has 0 unspecified atom stereocenters. The maximum Gasteiger partial charge on any atom is 0.148 e. The number of terminal acetylenes is 1. The highest BCUT2D eigenvalue weighted by Gasteiger charge is 2.26. The summed E-state index contributed by atoms with van der Waals surface area (Å²) in [7, 11) is 0. The summed E-state index contributed by atoms with van der Waals surface area (Å²) >= 11 is 0. The molecule has 0 spiro atoms. The zero-order chi connectivity index (χ0) is 14.3. The molecule has 108 valence electrons. The van der Waals surface area contributed by atoms with Gasteiger partial charge in [0.05, 0.1) is 0 Å². The third kappa shape index (κ3) is 4.28. The summed E-state index contributed by atoms with van der Waals surface area (Å²) in [5.41, 5.74) is 1.65. The smallest absolute Gasteiger partial charge is 0.148 e. The van der Waals surface area contributed by atoms with Gasteiger partial charge in [0.25, 0.3) is 0 Å². The van der Waals surface area contributed by atoms with Gasteiger partial charge in [0.1, 0.15) is 12.4 Å². The molecule has 1 N–H and O–H groups in total. The molecule has 0 aliphatic heterocycles. The summed E-state index contributed by atoms with van der Waals surface area (Å²) in [6.45, 7) is 4.65. The normalized spacial score (nSPS) is 17.4. The van der Waals surface area contributed by atoms with E-state index in [1.54, 1.807) is 0 Å². The minimum Gasteiger partial charge on any atom is -0.481 e. The van der Waals surface area contributed by atoms with Crippen molar-refractivity contribution in [2.24, 2.45) is 5.41 Å². The molecule has 1 aromatic carbocycles. The third-order valence-corrected chi connectivity index (χ3v) is 4.21. The fraction of sp³-hybridized carbons (Fsp3) is 0.556. The van der Waals surface area contributed by atoms with E-state index in [9.17, 15) is 0 Å². The topological polar surface area (TPSA) is 21.3 Å². The van der Waals surface area contributed by atoms with Crippen LogP contribution in [0.25, 0.3) is 0 Å². The molecule has 0 bridgehead atoms. The number of hydrogen-bond acceptors (Lipinski definition) is 2. The lowest BCUT2D eigenvalue weighted by atomic mass is 9.76. The fourth-order valence-corrected chi connectivity index (χ4v) is 2.99. The molecule has 2 nitrogen and oxygen atoms in total. The SMILES string of the molecule is C#CCOc1ccccc1CNCC1(C)CCCCC1. The van der Waals surface area contributed by atoms with Crippen LogP contribution in [0.1, 0.15) is 44.6 Å². The Morgan fingerprint density at radius 1 is 1.25 bits per heavy atom. The number of hydrogen-bond donors (Lipinski definition) is 1. The molecule has 0 aromatic heterocycles. The Hall–Kier alpha value is -1.46. The van der Waals surface area contributed by atoms with Crippen LogP contribution in [0.3, 0.4) is 0 Å². The van der Waals surface area contributed by atoms with E-state index in [1.165, 1.54) is 37.7 Å². The number of ether oxygens (including phenoxy) is 1. The van der Waals surface area contributed by atoms with E-state index >= 15 is 0 Å². The monoisotopic (exact) mass is 271 g/mol. The van der Waals surface area contributed by atoms with Crippen molar-refractivity contribution in [2.45, 2.75) is 45.6 Å². The predicted molar refractivity (Wildman–Crippen MR) is 83.7 cm³/mol. The molecule has 1 aromatic rings. The Balaban J connectivity index is 1.86. The lowest BCUT2D eigenvalue weighted by molar-refractivity contribution is 0.207. The average molecular weight is 271 g/mol. The summed E-state index contributed by atoms with van der Waals surface area (Å²) in [5.74, 6) is 3.41. The maximum atomic E-state index is 5.58. The summed E-state index contributed by atoms with van der Waals surface area (Å²) in [6.07, 6.45) is 12.1. The van der Waals surface area contributed by atoms with Crippen molar-refractivity contribution in [3.05, 3.63) is 29.8 Å². The van der Waals surface area contributed by atoms with Crippen LogP contribution in [-0.2, 0) is 6.54 Å². The summed E-state index contributed by atoms with van der Waals surface area (Å²) in [5, 5.41) is 3.60. The van der Waals surface area contributed by atoms with Crippen molar-refractivity contribution in [1.82, 2.24) is 5.32 Å². The van der Waals surface area contributed by atoms with Gasteiger partial charge in [-0.15, -0.1) is 6.42 Å². The van der Waals surface area contributed by atoms with E-state index in [0.717, 1.165) is 18.8 Å². The molecule has 0 radical (unpaired) electrons. The van der Waals surface area contributed by atoms with Crippen molar-refractivity contribution < 1.29 is 4.74 Å². The summed E-state index contributed by atoms with van der Waals surface area (Å²) in [6, 6.07) is 8.11. The standard InChI is InChI=1S/C18H25NO/c1-3-13-20-17-10-6-5-9-16(17)14-19-15-18(2)11-7-4-8-12-18/h1,5-6,9-10,19H,4,7-8,11-15H2,2H3. The van der Waals surface area contributed by atoms with Crippen LogP contribution in [0.2, 0.25) is 0 Å². The van der Waals surface area contributed by atoms with Gasteiger partial charge in [-0.05, 0) is 24.3 Å². The Morgan fingerprint density at radius 2 is 2.00 bits per heavy atom. The number of nitrogens with one attached hydrogen (secondary N) is 1. The zero-order valence-electron chi connectivity index (χ0n) is 12.5. The second kappa shape index (κ2) is 7.36. The minimum atomic E-state index is 0.328. The van der Waals surface area contributed by atoms with Crippen LogP contribution in [-0.4, -0.2) is 13.2 Å². The fourth-order valence-electron chi connectivity index (χ4n) is 2.99. The van der Waals surface area contributed by atoms with Crippen LogP contribution in [0, 0.1) is 17.8 Å². The van der Waals surface area contributed by atoms with Crippen LogP contribution >= 0.6 is 0 Å². The third-order valence-electron chi connectivity index (χ3n) is 4.21. The quantitative estimate of drug-likeness (QED) is 0.795. The van der Waals surface area contributed by atoms with Crippen molar-refractivity contribution in [3.63, 3.8) is 0 Å². The zero-order valence-corrected chi connectivity index (χ0v) is 12.5. The Bertz CT molecular complexity index is 455. The van der Waals surface area contributed by atoms with Crippen molar-refractivity contribution in [2.75, 3.05) is 13.2 Å². The van der Waals surface area contributed by atoms with Crippen LogP contribution in [0.15, 0.2) is 24.3 Å². The largest absolute Gasteiger partial charge is 0.481 e. The Labute approximate surface area is 122 Å². The van der Waals surface area contributed by atoms with E-state index < -0.39 is 0 Å². The lowest BCUT2D eigenvalue weighted by Crippen LogP contribution is -2.33. The van der Waals surface area contributed by atoms with Crippen molar-refractivity contribution in [1.29, 1.82) is 0 Å². The summed E-state index contributed by atoms with van der Waals surface area (Å²) in [4.78, 5) is 0. The first-order valence-corrected chi connectivity index (χ1v) is 7.58. The number of para-hydroxylation sites is 1. The van der Waals surface area contributed by atoms with Crippen LogP contribution < -0.4 is 10.1 Å². The number of rotatable bonds is 6. The van der Waals surface area contributed by atoms with E-state index in [4.69, 9.17) is 11.2 Å². The van der Waals surface area contributed by atoms with E-state index in [1.807, 2.05) is 18.2 Å². The van der Waals surface area contributed by atoms with Gasteiger partial charge in [-0.1, -0.05) is 50.3 Å². The van der Waals surface area contributed by atoms with Gasteiger partial charge in [0, 0.05) is 18.7 Å². The van der Waals surface area contributed by atoms with Crippen molar-refractivity contribution >= 4 is 0 Å². The molecule has 2 rings (SSSR count). The van der Waals surface area contributed by atoms with Gasteiger partial charge in [-0.25, -0.2) is 0 Å². The van der Waals surface area contributed by atoms with Gasteiger partial charge >= 0.3 is 0 Å². The molecular weight excluding hydrogens is 246 g/mol. The van der Waals surface area contributed by atoms with Gasteiger partial charge in [0.2, 0.25) is 0 Å². The maximum absolute atomic E-state index is 5.58. The average Bonchev–Trinajstić information content (AvgIpc) is 2.47. The van der Waals surface area contributed by atoms with Crippen LogP contribution in [0.5, 0.6) is 5.75 Å². The number of benzene rings is 1. The molecule has 1 fully saturated rings. The molecule has 0 amide bonds. The minimum absolute atomic E-state index is 0.328. The van der Waals surface area contributed by atoms with E-state index in [2.05, 4.69) is 24.2 Å². The predicted octanol–water partition coefficient (Wildman–Crippen LogP) is 3.76. The van der Waals surface area contributed by atoms with Crippen LogP contribution in [0.4, 0.5) is 0 Å². The molecular formula is C18H25NO. The Kier molecular flexibility index (Phi) is 5.49. The molecule has 1 aliphatic carbocycles. The van der Waals surface area contributed by atoms with Gasteiger partial charge in [-0.3, -0.25) is 0 Å². The molecule has 2 heteroatoms. The first kappa shape index (κ1) is 14.9. The molecule has 0 atom stereocenters. The van der Waals surface area contributed by atoms with Gasteiger partial charge in [0.15, 0.2) is 0 Å². The Morgan fingerprint density at radius 3 is 2.75 bits per heavy atom. The van der Waals surface area contributed by atoms with E-state index in [-0.39, 0.29) is 0 Å². The van der Waals surface area contributed by atoms with Crippen molar-refractivity contribution in [3.8, 4) is 18.1 Å². The van der Waals surface area contributed by atoms with Gasteiger partial charge < -0.3 is 10.1 Å². The molecule has 0 heterocycles. The molecule has 0 saturated heterocycles. The molecule has 1 saturated carbocycles. The van der Waals surface area contributed by atoms with Gasteiger partial charge in [-0.2, -0.15) is 0 Å². The highest BCUT2D eigenvalue weighted by Crippen LogP contribution is 2.35. The second-order valence-corrected chi connectivity index (χ2v) is 6.08. The lowest BCUT2D eigenvalue weighted by Gasteiger charge is -2.33. The first-order valence-electron chi connectivity index (χ1n) is 7.58. The summed E-state index contributed by atoms with van der Waals surface area (Å²) < 4.78 is 5.58. The second-order valence-electron chi connectivity index (χ2n) is 6.08. The molecule has 20 heavy (non-hydrogen) atoms. The highest BCUT2D eigenvalue weighted by atomic mass is 16.5. The highest BCUT2D eigenvalue weighted by molar-refractivity contribution is 5.33. The van der Waals surface area contributed by atoms with E-state index in [0.29, 0.717) is 12.0 Å².